The van der Waals surface area contributed by atoms with Crippen molar-refractivity contribution in [3.8, 4) is 5.75 Å². The standard InChI is InChI=1S/C17H16N2O2S2/c20-17(18-8-7-16-2-1-9-23-16)13-3-5-15(6-4-13)21-10-14-11-22-12-19-14/h1-6,9,11-12H,7-8,10H2,(H,18,20). The molecule has 0 atom stereocenters. The van der Waals surface area contributed by atoms with Gasteiger partial charge in [0.25, 0.3) is 5.91 Å². The van der Waals surface area contributed by atoms with Crippen LogP contribution in [0.15, 0.2) is 52.7 Å². The number of hydrogen-bond acceptors (Lipinski definition) is 5. The van der Waals surface area contributed by atoms with Crippen LogP contribution in [0.5, 0.6) is 5.75 Å². The van der Waals surface area contributed by atoms with E-state index in [-0.39, 0.29) is 5.91 Å². The van der Waals surface area contributed by atoms with Crippen molar-refractivity contribution in [1.82, 2.24) is 10.3 Å². The summed E-state index contributed by atoms with van der Waals surface area (Å²) in [6.07, 6.45) is 0.859. The maximum Gasteiger partial charge on any atom is 0.251 e. The molecule has 0 fully saturated rings. The van der Waals surface area contributed by atoms with Gasteiger partial charge < -0.3 is 10.1 Å². The number of amides is 1. The van der Waals surface area contributed by atoms with Crippen molar-refractivity contribution in [1.29, 1.82) is 0 Å². The van der Waals surface area contributed by atoms with Crippen LogP contribution in [0, 0.1) is 0 Å². The van der Waals surface area contributed by atoms with Crippen LogP contribution in [0.1, 0.15) is 20.9 Å². The zero-order valence-electron chi connectivity index (χ0n) is 12.4. The number of ether oxygens (including phenoxy) is 1. The lowest BCUT2D eigenvalue weighted by Crippen LogP contribution is -2.25. The number of thiophene rings is 1. The van der Waals surface area contributed by atoms with E-state index < -0.39 is 0 Å². The molecule has 23 heavy (non-hydrogen) atoms. The van der Waals surface area contributed by atoms with Crippen LogP contribution in [-0.2, 0) is 13.0 Å². The molecule has 0 bridgehead atoms. The molecule has 4 nitrogen and oxygen atoms in total. The lowest BCUT2D eigenvalue weighted by atomic mass is 10.2. The van der Waals surface area contributed by atoms with Crippen molar-refractivity contribution >= 4 is 28.6 Å². The van der Waals surface area contributed by atoms with Crippen molar-refractivity contribution in [3.05, 3.63) is 68.8 Å². The average molecular weight is 344 g/mol. The molecule has 2 heterocycles. The van der Waals surface area contributed by atoms with Gasteiger partial charge >= 0.3 is 0 Å². The van der Waals surface area contributed by atoms with Crippen LogP contribution >= 0.6 is 22.7 Å². The largest absolute Gasteiger partial charge is 0.487 e. The smallest absolute Gasteiger partial charge is 0.251 e. The molecule has 0 unspecified atom stereocenters. The molecular weight excluding hydrogens is 328 g/mol. The maximum atomic E-state index is 12.1. The molecule has 0 radical (unpaired) electrons. The second-order valence-electron chi connectivity index (χ2n) is 4.88. The van der Waals surface area contributed by atoms with Crippen LogP contribution in [0.2, 0.25) is 0 Å². The molecule has 0 spiro atoms. The number of benzene rings is 1. The molecule has 3 aromatic rings. The number of carbonyl (C=O) groups excluding carboxylic acids is 1. The van der Waals surface area contributed by atoms with Gasteiger partial charge in [0.05, 0.1) is 11.2 Å². The van der Waals surface area contributed by atoms with Crippen molar-refractivity contribution in [2.75, 3.05) is 6.54 Å². The third-order valence-corrected chi connectivity index (χ3v) is 4.80. The third-order valence-electron chi connectivity index (χ3n) is 3.22. The number of nitrogens with one attached hydrogen (secondary N) is 1. The lowest BCUT2D eigenvalue weighted by Gasteiger charge is -2.07. The van der Waals surface area contributed by atoms with Gasteiger partial charge in [0.15, 0.2) is 0 Å². The summed E-state index contributed by atoms with van der Waals surface area (Å²) in [4.78, 5) is 17.5. The van der Waals surface area contributed by atoms with Gasteiger partial charge in [-0.3, -0.25) is 4.79 Å². The highest BCUT2D eigenvalue weighted by Crippen LogP contribution is 2.14. The molecule has 0 saturated heterocycles. The first-order chi connectivity index (χ1) is 11.3. The van der Waals surface area contributed by atoms with Gasteiger partial charge in [0.1, 0.15) is 12.4 Å². The van der Waals surface area contributed by atoms with E-state index in [9.17, 15) is 4.79 Å². The van der Waals surface area contributed by atoms with Gasteiger partial charge in [-0.05, 0) is 42.1 Å². The fourth-order valence-corrected chi connectivity index (χ4v) is 3.28. The SMILES string of the molecule is O=C(NCCc1cccs1)c1ccc(OCc2cscn2)cc1. The van der Waals surface area contributed by atoms with Crippen LogP contribution in [0.25, 0.3) is 0 Å². The summed E-state index contributed by atoms with van der Waals surface area (Å²) in [5.74, 6) is 0.667. The number of hydrogen-bond donors (Lipinski definition) is 1. The molecule has 0 aliphatic carbocycles. The van der Waals surface area contributed by atoms with Crippen molar-refractivity contribution in [3.63, 3.8) is 0 Å². The van der Waals surface area contributed by atoms with E-state index in [0.29, 0.717) is 18.7 Å². The zero-order valence-corrected chi connectivity index (χ0v) is 14.0. The summed E-state index contributed by atoms with van der Waals surface area (Å²) in [5.41, 5.74) is 3.32. The average Bonchev–Trinajstić information content (AvgIpc) is 3.27. The Labute approximate surface area is 142 Å². The lowest BCUT2D eigenvalue weighted by molar-refractivity contribution is 0.0954. The number of rotatable bonds is 7. The number of thiazole rings is 1. The van der Waals surface area contributed by atoms with E-state index >= 15 is 0 Å². The Morgan fingerprint density at radius 1 is 1.22 bits per heavy atom. The van der Waals surface area contributed by atoms with E-state index in [4.69, 9.17) is 4.74 Å². The van der Waals surface area contributed by atoms with Gasteiger partial charge in [0.2, 0.25) is 0 Å². The molecule has 1 N–H and O–H groups in total. The van der Waals surface area contributed by atoms with Gasteiger partial charge in [-0.1, -0.05) is 6.07 Å². The summed E-state index contributed by atoms with van der Waals surface area (Å²) in [7, 11) is 0. The normalized spacial score (nSPS) is 10.4. The number of carbonyl (C=O) groups is 1. The van der Waals surface area contributed by atoms with E-state index in [1.165, 1.54) is 4.88 Å². The zero-order chi connectivity index (χ0) is 15.9. The Bertz CT molecular complexity index is 723. The molecule has 2 aromatic heterocycles. The first-order valence-electron chi connectivity index (χ1n) is 7.22. The fourth-order valence-electron chi connectivity index (χ4n) is 2.02. The Balaban J connectivity index is 1.47. The Kier molecular flexibility index (Phi) is 5.39. The summed E-state index contributed by atoms with van der Waals surface area (Å²) in [5, 5.41) is 6.93. The summed E-state index contributed by atoms with van der Waals surface area (Å²) < 4.78 is 5.63. The second-order valence-corrected chi connectivity index (χ2v) is 6.63. The molecule has 118 valence electrons. The van der Waals surface area contributed by atoms with E-state index in [1.807, 2.05) is 16.8 Å². The van der Waals surface area contributed by atoms with Crippen LogP contribution in [-0.4, -0.2) is 17.4 Å². The Hall–Kier alpha value is -2.18. The number of nitrogens with zero attached hydrogens (tertiary/aromatic N) is 1. The highest BCUT2D eigenvalue weighted by molar-refractivity contribution is 7.09. The second kappa shape index (κ2) is 7.89. The molecule has 0 aliphatic heterocycles. The van der Waals surface area contributed by atoms with Crippen molar-refractivity contribution in [2.24, 2.45) is 0 Å². The van der Waals surface area contributed by atoms with E-state index in [2.05, 4.69) is 16.4 Å². The molecule has 0 saturated carbocycles. The molecular formula is C17H16N2O2S2. The van der Waals surface area contributed by atoms with Gasteiger partial charge in [-0.25, -0.2) is 4.98 Å². The summed E-state index contributed by atoms with van der Waals surface area (Å²) in [6.45, 7) is 1.08. The minimum absolute atomic E-state index is 0.0624. The van der Waals surface area contributed by atoms with Gasteiger partial charge in [0, 0.05) is 22.4 Å². The Morgan fingerprint density at radius 2 is 2.09 bits per heavy atom. The molecule has 1 aromatic carbocycles. The van der Waals surface area contributed by atoms with Gasteiger partial charge in [-0.15, -0.1) is 22.7 Å². The molecule has 0 aliphatic rings. The molecule has 6 heteroatoms. The van der Waals surface area contributed by atoms with Crippen LogP contribution in [0.4, 0.5) is 0 Å². The minimum Gasteiger partial charge on any atom is -0.487 e. The predicted octanol–water partition coefficient (Wildman–Crippen LogP) is 3.76. The third kappa shape index (κ3) is 4.64. The first kappa shape index (κ1) is 15.7. The highest BCUT2D eigenvalue weighted by atomic mass is 32.1. The van der Waals surface area contributed by atoms with Gasteiger partial charge in [-0.2, -0.15) is 0 Å². The summed E-state index contributed by atoms with van der Waals surface area (Å²) in [6, 6.07) is 11.3. The highest BCUT2D eigenvalue weighted by Gasteiger charge is 2.06. The fraction of sp³-hybridized carbons (Fsp3) is 0.176. The maximum absolute atomic E-state index is 12.1. The quantitative estimate of drug-likeness (QED) is 0.710. The first-order valence-corrected chi connectivity index (χ1v) is 9.04. The van der Waals surface area contributed by atoms with Crippen LogP contribution < -0.4 is 10.1 Å². The van der Waals surface area contributed by atoms with Crippen LogP contribution in [0.3, 0.4) is 0 Å². The van der Waals surface area contributed by atoms with E-state index in [0.717, 1.165) is 17.9 Å². The number of aromatic nitrogens is 1. The molecule has 3 rings (SSSR count). The molecule has 1 amide bonds. The summed E-state index contributed by atoms with van der Waals surface area (Å²) >= 11 is 3.25. The van der Waals surface area contributed by atoms with E-state index in [1.54, 1.807) is 52.4 Å². The predicted molar refractivity (Wildman–Crippen MR) is 93.2 cm³/mol. The van der Waals surface area contributed by atoms with Crippen molar-refractivity contribution < 1.29 is 9.53 Å². The Morgan fingerprint density at radius 3 is 2.78 bits per heavy atom. The minimum atomic E-state index is -0.0624. The monoisotopic (exact) mass is 344 g/mol. The van der Waals surface area contributed by atoms with Crippen molar-refractivity contribution in [2.45, 2.75) is 13.0 Å². The topological polar surface area (TPSA) is 51.2 Å².